The fourth-order valence-corrected chi connectivity index (χ4v) is 3.09. The number of aryl methyl sites for hydroxylation is 3. The summed E-state index contributed by atoms with van der Waals surface area (Å²) in [6, 6.07) is 7.22. The Hall–Kier alpha value is -0.820. The minimum Gasteiger partial charge on any atom is -0.316 e. The van der Waals surface area contributed by atoms with Gasteiger partial charge in [-0.2, -0.15) is 0 Å². The molecule has 0 unspecified atom stereocenters. The molecular weight excluding hydrogens is 242 g/mol. The maximum Gasteiger partial charge on any atom is -0.00258 e. The molecule has 0 fully saturated rings. The van der Waals surface area contributed by atoms with Crippen molar-refractivity contribution < 1.29 is 0 Å². The number of benzene rings is 1. The van der Waals surface area contributed by atoms with Crippen molar-refractivity contribution in [3.05, 3.63) is 34.9 Å². The summed E-state index contributed by atoms with van der Waals surface area (Å²) in [6.07, 6.45) is 10.6. The quantitative estimate of drug-likeness (QED) is 0.686. The summed E-state index contributed by atoms with van der Waals surface area (Å²) in [6.45, 7) is 6.87. The average Bonchev–Trinajstić information content (AvgIpc) is 2.46. The minimum atomic E-state index is 0.769. The summed E-state index contributed by atoms with van der Waals surface area (Å²) in [4.78, 5) is 0. The lowest BCUT2D eigenvalue weighted by molar-refractivity contribution is 0.530. The van der Waals surface area contributed by atoms with Crippen LogP contribution in [0.4, 0.5) is 0 Å². The van der Waals surface area contributed by atoms with Gasteiger partial charge in [-0.3, -0.25) is 0 Å². The van der Waals surface area contributed by atoms with Gasteiger partial charge in [0.2, 0.25) is 0 Å². The number of nitrogens with one attached hydrogen (secondary N) is 1. The van der Waals surface area contributed by atoms with Gasteiger partial charge in [0.05, 0.1) is 0 Å². The van der Waals surface area contributed by atoms with Gasteiger partial charge in [0, 0.05) is 0 Å². The van der Waals surface area contributed by atoms with Crippen LogP contribution in [0.5, 0.6) is 0 Å². The van der Waals surface area contributed by atoms with Crippen molar-refractivity contribution in [3.63, 3.8) is 0 Å². The molecule has 0 aliphatic heterocycles. The van der Waals surface area contributed by atoms with Gasteiger partial charge in [0.15, 0.2) is 0 Å². The number of unbranched alkanes of at least 4 members (excludes halogenated alkanes) is 2. The third kappa shape index (κ3) is 5.28. The third-order valence-electron chi connectivity index (χ3n) is 4.28. The van der Waals surface area contributed by atoms with Crippen LogP contribution < -0.4 is 5.32 Å². The van der Waals surface area contributed by atoms with Crippen molar-refractivity contribution >= 4 is 0 Å². The van der Waals surface area contributed by atoms with Crippen LogP contribution in [-0.4, -0.2) is 13.1 Å². The van der Waals surface area contributed by atoms with Crippen molar-refractivity contribution in [2.24, 2.45) is 5.92 Å². The molecular formula is C19H31N. The molecule has 0 aromatic heterocycles. The van der Waals surface area contributed by atoms with E-state index in [2.05, 4.69) is 37.4 Å². The average molecular weight is 273 g/mol. The molecule has 1 nitrogen and oxygen atoms in total. The summed E-state index contributed by atoms with van der Waals surface area (Å²) in [7, 11) is 0. The van der Waals surface area contributed by atoms with Gasteiger partial charge in [-0.25, -0.2) is 0 Å². The smallest absolute Gasteiger partial charge is 0.00258 e. The molecule has 0 heterocycles. The molecule has 0 saturated heterocycles. The molecule has 1 aromatic carbocycles. The van der Waals surface area contributed by atoms with E-state index >= 15 is 0 Å². The standard InChI is InChI=1S/C19H31N/c1-16(2)15-20-13-7-3-4-8-17-11-12-18-9-5-6-10-19(18)14-17/h11-12,14,16,20H,3-10,13,15H2,1-2H3. The van der Waals surface area contributed by atoms with E-state index in [1.54, 1.807) is 16.7 Å². The van der Waals surface area contributed by atoms with Gasteiger partial charge in [-0.1, -0.05) is 38.5 Å². The monoisotopic (exact) mass is 273 g/mol. The Kier molecular flexibility index (Phi) is 6.59. The molecule has 20 heavy (non-hydrogen) atoms. The van der Waals surface area contributed by atoms with Gasteiger partial charge >= 0.3 is 0 Å². The Balaban J connectivity index is 1.62. The molecule has 1 aromatic rings. The maximum atomic E-state index is 3.52. The molecule has 1 aliphatic rings. The largest absolute Gasteiger partial charge is 0.316 e. The van der Waals surface area contributed by atoms with Crippen LogP contribution in [0.1, 0.15) is 62.6 Å². The second-order valence-electron chi connectivity index (χ2n) is 6.72. The summed E-state index contributed by atoms with van der Waals surface area (Å²) in [5, 5.41) is 3.52. The van der Waals surface area contributed by atoms with Gasteiger partial charge in [0.1, 0.15) is 0 Å². The van der Waals surface area contributed by atoms with Crippen LogP contribution in [0.25, 0.3) is 0 Å². The van der Waals surface area contributed by atoms with E-state index in [1.165, 1.54) is 57.9 Å². The first kappa shape index (κ1) is 15.6. The van der Waals surface area contributed by atoms with Gasteiger partial charge in [0.25, 0.3) is 0 Å². The highest BCUT2D eigenvalue weighted by atomic mass is 14.8. The summed E-state index contributed by atoms with van der Waals surface area (Å²) in [5.74, 6) is 0.769. The first-order valence-corrected chi connectivity index (χ1v) is 8.57. The predicted octanol–water partition coefficient (Wildman–Crippen LogP) is 4.52. The van der Waals surface area contributed by atoms with E-state index in [0.717, 1.165) is 12.5 Å². The molecule has 112 valence electrons. The summed E-state index contributed by atoms with van der Waals surface area (Å²) >= 11 is 0. The van der Waals surface area contributed by atoms with Crippen molar-refractivity contribution in [1.82, 2.24) is 5.32 Å². The fraction of sp³-hybridized carbons (Fsp3) is 0.684. The second kappa shape index (κ2) is 8.46. The van der Waals surface area contributed by atoms with Crippen molar-refractivity contribution in [3.8, 4) is 0 Å². The Morgan fingerprint density at radius 1 is 1.00 bits per heavy atom. The van der Waals surface area contributed by atoms with Crippen molar-refractivity contribution in [1.29, 1.82) is 0 Å². The van der Waals surface area contributed by atoms with Crippen LogP contribution in [0.3, 0.4) is 0 Å². The van der Waals surface area contributed by atoms with Crippen LogP contribution in [-0.2, 0) is 19.3 Å². The highest BCUT2D eigenvalue weighted by molar-refractivity contribution is 5.33. The zero-order valence-corrected chi connectivity index (χ0v) is 13.4. The maximum absolute atomic E-state index is 3.52. The predicted molar refractivity (Wildman–Crippen MR) is 88.3 cm³/mol. The highest BCUT2D eigenvalue weighted by Gasteiger charge is 2.09. The third-order valence-corrected chi connectivity index (χ3v) is 4.28. The number of fused-ring (bicyclic) bond motifs is 1. The van der Waals surface area contributed by atoms with Crippen molar-refractivity contribution in [2.75, 3.05) is 13.1 Å². The second-order valence-corrected chi connectivity index (χ2v) is 6.72. The first-order chi connectivity index (χ1) is 9.75. The van der Waals surface area contributed by atoms with Gasteiger partial charge < -0.3 is 5.32 Å². The molecule has 0 bridgehead atoms. The molecule has 2 rings (SSSR count). The number of rotatable bonds is 8. The lowest BCUT2D eigenvalue weighted by Crippen LogP contribution is -2.20. The zero-order valence-electron chi connectivity index (χ0n) is 13.4. The number of hydrogen-bond donors (Lipinski definition) is 1. The molecule has 0 amide bonds. The molecule has 1 aliphatic carbocycles. The topological polar surface area (TPSA) is 12.0 Å². The van der Waals surface area contributed by atoms with E-state index < -0.39 is 0 Å². The van der Waals surface area contributed by atoms with E-state index in [4.69, 9.17) is 0 Å². The SMILES string of the molecule is CC(C)CNCCCCCc1ccc2c(c1)CCCC2. The molecule has 1 heteroatoms. The van der Waals surface area contributed by atoms with E-state index in [-0.39, 0.29) is 0 Å². The Morgan fingerprint density at radius 3 is 2.60 bits per heavy atom. The minimum absolute atomic E-state index is 0.769. The van der Waals surface area contributed by atoms with Crippen LogP contribution in [0.15, 0.2) is 18.2 Å². The van der Waals surface area contributed by atoms with Crippen LogP contribution in [0.2, 0.25) is 0 Å². The van der Waals surface area contributed by atoms with E-state index in [0.29, 0.717) is 0 Å². The molecule has 0 radical (unpaired) electrons. The highest BCUT2D eigenvalue weighted by Crippen LogP contribution is 2.22. The molecule has 1 N–H and O–H groups in total. The number of hydrogen-bond acceptors (Lipinski definition) is 1. The normalized spacial score (nSPS) is 14.6. The van der Waals surface area contributed by atoms with Crippen molar-refractivity contribution in [2.45, 2.75) is 65.2 Å². The lowest BCUT2D eigenvalue weighted by Gasteiger charge is -2.16. The van der Waals surface area contributed by atoms with Crippen LogP contribution >= 0.6 is 0 Å². The van der Waals surface area contributed by atoms with Gasteiger partial charge in [-0.05, 0) is 80.6 Å². The van der Waals surface area contributed by atoms with E-state index in [1.807, 2.05) is 0 Å². The Bertz CT molecular complexity index is 395. The summed E-state index contributed by atoms with van der Waals surface area (Å²) in [5.41, 5.74) is 4.80. The first-order valence-electron chi connectivity index (χ1n) is 8.57. The Labute approximate surface area is 125 Å². The summed E-state index contributed by atoms with van der Waals surface area (Å²) < 4.78 is 0. The lowest BCUT2D eigenvalue weighted by atomic mass is 9.89. The molecule has 0 spiro atoms. The van der Waals surface area contributed by atoms with E-state index in [9.17, 15) is 0 Å². The molecule has 0 atom stereocenters. The van der Waals surface area contributed by atoms with Crippen LogP contribution in [0, 0.1) is 5.92 Å². The van der Waals surface area contributed by atoms with Gasteiger partial charge in [-0.15, -0.1) is 0 Å². The fourth-order valence-electron chi connectivity index (χ4n) is 3.09. The Morgan fingerprint density at radius 2 is 1.80 bits per heavy atom. The molecule has 0 saturated carbocycles. The zero-order chi connectivity index (χ0) is 14.2.